The van der Waals surface area contributed by atoms with Crippen molar-refractivity contribution in [3.63, 3.8) is 0 Å². The maximum absolute atomic E-state index is 12.5. The third-order valence-corrected chi connectivity index (χ3v) is 5.58. The van der Waals surface area contributed by atoms with Gasteiger partial charge in [-0.2, -0.15) is 0 Å². The molecule has 1 atom stereocenters. The fraction of sp³-hybridized carbons (Fsp3) is 0.368. The highest BCUT2D eigenvalue weighted by molar-refractivity contribution is 7.88. The maximum atomic E-state index is 12.5. The Morgan fingerprint density at radius 3 is 2.38 bits per heavy atom. The van der Waals surface area contributed by atoms with Gasteiger partial charge >= 0.3 is 0 Å². The van der Waals surface area contributed by atoms with Crippen LogP contribution in [0.1, 0.15) is 30.0 Å². The van der Waals surface area contributed by atoms with Crippen LogP contribution in [0.4, 0.5) is 0 Å². The summed E-state index contributed by atoms with van der Waals surface area (Å²) in [6.07, 6.45) is 0.667. The van der Waals surface area contributed by atoms with Crippen LogP contribution in [0.3, 0.4) is 0 Å². The van der Waals surface area contributed by atoms with E-state index >= 15 is 0 Å². The zero-order valence-electron chi connectivity index (χ0n) is 14.5. The summed E-state index contributed by atoms with van der Waals surface area (Å²) in [6.45, 7) is 4.15. The number of ether oxygens (including phenoxy) is 1. The lowest BCUT2D eigenvalue weighted by Crippen LogP contribution is -2.42. The average Bonchev–Trinajstić information content (AvgIpc) is 2.57. The van der Waals surface area contributed by atoms with Crippen molar-refractivity contribution in [3.8, 4) is 0 Å². The third kappa shape index (κ3) is 4.66. The number of sulfonamides is 1. The molecule has 0 heterocycles. The molecule has 0 aromatic heterocycles. The first-order valence-corrected chi connectivity index (χ1v) is 9.69. The second-order valence-corrected chi connectivity index (χ2v) is 7.79. The molecule has 1 N–H and O–H groups in total. The molecule has 4 nitrogen and oxygen atoms in total. The molecule has 2 rings (SSSR count). The molecule has 0 aliphatic rings. The Morgan fingerprint density at radius 1 is 1.08 bits per heavy atom. The Morgan fingerprint density at radius 2 is 1.79 bits per heavy atom. The minimum Gasteiger partial charge on any atom is -0.372 e. The highest BCUT2D eigenvalue weighted by Gasteiger charge is 2.31. The molecule has 24 heavy (non-hydrogen) atoms. The number of hydrogen-bond acceptors (Lipinski definition) is 3. The molecule has 0 spiro atoms. The van der Waals surface area contributed by atoms with E-state index in [1.165, 1.54) is 0 Å². The van der Waals surface area contributed by atoms with Gasteiger partial charge in [-0.25, -0.2) is 13.1 Å². The first-order valence-electron chi connectivity index (χ1n) is 8.04. The van der Waals surface area contributed by atoms with E-state index in [4.69, 9.17) is 4.74 Å². The minimum atomic E-state index is -3.44. The number of benzene rings is 2. The van der Waals surface area contributed by atoms with Crippen LogP contribution in [-0.4, -0.2) is 22.1 Å². The van der Waals surface area contributed by atoms with E-state index in [9.17, 15) is 8.42 Å². The number of nitrogens with one attached hydrogen (secondary N) is 1. The van der Waals surface area contributed by atoms with Gasteiger partial charge in [0.2, 0.25) is 10.0 Å². The predicted molar refractivity (Wildman–Crippen MR) is 97.2 cm³/mol. The zero-order chi connectivity index (χ0) is 17.6. The van der Waals surface area contributed by atoms with Gasteiger partial charge in [-0.05, 0) is 24.5 Å². The van der Waals surface area contributed by atoms with Gasteiger partial charge < -0.3 is 4.74 Å². The van der Waals surface area contributed by atoms with E-state index < -0.39 is 15.6 Å². The fourth-order valence-corrected chi connectivity index (χ4v) is 3.98. The van der Waals surface area contributed by atoms with Gasteiger partial charge in [0.05, 0.1) is 5.75 Å². The van der Waals surface area contributed by atoms with Crippen LogP contribution in [0.25, 0.3) is 0 Å². The first kappa shape index (κ1) is 18.6. The van der Waals surface area contributed by atoms with Crippen molar-refractivity contribution in [1.82, 2.24) is 4.72 Å². The van der Waals surface area contributed by atoms with Crippen LogP contribution in [0.2, 0.25) is 0 Å². The highest BCUT2D eigenvalue weighted by Crippen LogP contribution is 2.28. The van der Waals surface area contributed by atoms with Crippen LogP contribution in [0, 0.1) is 6.92 Å². The highest BCUT2D eigenvalue weighted by atomic mass is 32.2. The summed E-state index contributed by atoms with van der Waals surface area (Å²) in [7, 11) is -1.83. The number of hydrogen-bond donors (Lipinski definition) is 1. The summed E-state index contributed by atoms with van der Waals surface area (Å²) in [4.78, 5) is 0. The van der Waals surface area contributed by atoms with Crippen molar-refractivity contribution in [2.24, 2.45) is 0 Å². The average molecular weight is 347 g/mol. The quantitative estimate of drug-likeness (QED) is 0.796. The summed E-state index contributed by atoms with van der Waals surface area (Å²) < 4.78 is 33.3. The van der Waals surface area contributed by atoms with Gasteiger partial charge in [-0.1, -0.05) is 67.1 Å². The van der Waals surface area contributed by atoms with Gasteiger partial charge in [0, 0.05) is 13.7 Å². The number of aryl methyl sites for hydroxylation is 1. The van der Waals surface area contributed by atoms with Crippen molar-refractivity contribution in [3.05, 3.63) is 71.3 Å². The molecule has 0 saturated heterocycles. The molecule has 1 unspecified atom stereocenters. The Labute approximate surface area is 144 Å². The lowest BCUT2D eigenvalue weighted by atomic mass is 9.91. The van der Waals surface area contributed by atoms with Crippen LogP contribution in [-0.2, 0) is 26.1 Å². The zero-order valence-corrected chi connectivity index (χ0v) is 15.3. The molecule has 2 aromatic carbocycles. The van der Waals surface area contributed by atoms with Crippen molar-refractivity contribution in [1.29, 1.82) is 0 Å². The SMILES string of the molecule is CCC(CNS(=O)(=O)Cc1cccc(C)c1)(OC)c1ccccc1. The lowest BCUT2D eigenvalue weighted by Gasteiger charge is -2.32. The minimum absolute atomic E-state index is 0.0347. The van der Waals surface area contributed by atoms with E-state index in [0.717, 1.165) is 16.7 Å². The van der Waals surface area contributed by atoms with Gasteiger partial charge in [0.15, 0.2) is 0 Å². The molecule has 130 valence electrons. The molecule has 0 amide bonds. The van der Waals surface area contributed by atoms with Crippen molar-refractivity contribution in [2.75, 3.05) is 13.7 Å². The molecule has 2 aromatic rings. The molecule has 5 heteroatoms. The summed E-state index contributed by atoms with van der Waals surface area (Å²) in [5, 5.41) is 0. The van der Waals surface area contributed by atoms with Gasteiger partial charge in [-0.3, -0.25) is 0 Å². The Hall–Kier alpha value is -1.69. The molecular weight excluding hydrogens is 322 g/mol. The van der Waals surface area contributed by atoms with E-state index in [-0.39, 0.29) is 12.3 Å². The molecule has 0 saturated carbocycles. The Kier molecular flexibility index (Phi) is 6.15. The molecule has 0 fully saturated rings. The topological polar surface area (TPSA) is 55.4 Å². The van der Waals surface area contributed by atoms with Crippen LogP contribution in [0.5, 0.6) is 0 Å². The summed E-state index contributed by atoms with van der Waals surface area (Å²) in [6, 6.07) is 17.2. The summed E-state index contributed by atoms with van der Waals surface area (Å²) in [5.74, 6) is -0.0347. The molecule has 0 aliphatic heterocycles. The smallest absolute Gasteiger partial charge is 0.215 e. The van der Waals surface area contributed by atoms with E-state index in [1.54, 1.807) is 7.11 Å². The molecule has 0 aliphatic carbocycles. The maximum Gasteiger partial charge on any atom is 0.215 e. The second kappa shape index (κ2) is 7.92. The first-order chi connectivity index (χ1) is 11.4. The van der Waals surface area contributed by atoms with Crippen LogP contribution >= 0.6 is 0 Å². The monoisotopic (exact) mass is 347 g/mol. The number of methoxy groups -OCH3 is 1. The van der Waals surface area contributed by atoms with Gasteiger partial charge in [0.1, 0.15) is 5.60 Å². The molecular formula is C19H25NO3S. The lowest BCUT2D eigenvalue weighted by molar-refractivity contribution is -0.0133. The van der Waals surface area contributed by atoms with Crippen LogP contribution < -0.4 is 4.72 Å². The predicted octanol–water partition coefficient (Wildman–Crippen LogP) is 3.37. The van der Waals surface area contributed by atoms with Crippen LogP contribution in [0.15, 0.2) is 54.6 Å². The van der Waals surface area contributed by atoms with Crippen molar-refractivity contribution in [2.45, 2.75) is 31.6 Å². The Bertz CT molecular complexity index is 753. The van der Waals surface area contributed by atoms with Crippen molar-refractivity contribution < 1.29 is 13.2 Å². The van der Waals surface area contributed by atoms with E-state index in [0.29, 0.717) is 6.42 Å². The van der Waals surface area contributed by atoms with Crippen molar-refractivity contribution >= 4 is 10.0 Å². The normalized spacial score (nSPS) is 14.3. The van der Waals surface area contributed by atoms with Gasteiger partial charge in [0.25, 0.3) is 0 Å². The molecule has 0 bridgehead atoms. The fourth-order valence-electron chi connectivity index (χ4n) is 2.81. The summed E-state index contributed by atoms with van der Waals surface area (Å²) >= 11 is 0. The third-order valence-electron chi connectivity index (χ3n) is 4.28. The number of rotatable bonds is 8. The summed E-state index contributed by atoms with van der Waals surface area (Å²) in [5.41, 5.74) is 2.13. The van der Waals surface area contributed by atoms with Gasteiger partial charge in [-0.15, -0.1) is 0 Å². The molecule has 0 radical (unpaired) electrons. The largest absolute Gasteiger partial charge is 0.372 e. The Balaban J connectivity index is 2.14. The standard InChI is InChI=1S/C19H25NO3S/c1-4-19(23-3,18-11-6-5-7-12-18)15-20-24(21,22)14-17-10-8-9-16(2)13-17/h5-13,20H,4,14-15H2,1-3H3. The second-order valence-electron chi connectivity index (χ2n) is 5.99. The van der Waals surface area contributed by atoms with E-state index in [2.05, 4.69) is 4.72 Å². The van der Waals surface area contributed by atoms with E-state index in [1.807, 2.05) is 68.4 Å².